The highest BCUT2D eigenvalue weighted by Gasteiger charge is 2.28. The highest BCUT2D eigenvalue weighted by molar-refractivity contribution is 7.13. The van der Waals surface area contributed by atoms with Gasteiger partial charge in [0.25, 0.3) is 5.91 Å². The summed E-state index contributed by atoms with van der Waals surface area (Å²) < 4.78 is 5.63. The quantitative estimate of drug-likeness (QED) is 0.769. The second-order valence-electron chi connectivity index (χ2n) is 6.44. The van der Waals surface area contributed by atoms with E-state index in [0.29, 0.717) is 18.2 Å². The number of carbonyl (C=O) groups excluding carboxylic acids is 1. The van der Waals surface area contributed by atoms with Gasteiger partial charge < -0.3 is 15.8 Å². The SMILES string of the molecule is CC(C)Oc1ccc(-c2nc(C(=O)NCC(N)C3CC3)cs2)cc1.Cl. The van der Waals surface area contributed by atoms with E-state index >= 15 is 0 Å². The van der Waals surface area contributed by atoms with Gasteiger partial charge in [-0.05, 0) is 56.9 Å². The van der Waals surface area contributed by atoms with Crippen molar-refractivity contribution in [3.05, 3.63) is 35.3 Å². The number of ether oxygens (including phenoxy) is 1. The van der Waals surface area contributed by atoms with Crippen LogP contribution in [0.5, 0.6) is 5.75 Å². The number of benzene rings is 1. The van der Waals surface area contributed by atoms with E-state index in [4.69, 9.17) is 10.5 Å². The van der Waals surface area contributed by atoms with Crippen molar-refractivity contribution in [2.75, 3.05) is 6.54 Å². The van der Waals surface area contributed by atoms with Crippen LogP contribution < -0.4 is 15.8 Å². The van der Waals surface area contributed by atoms with Crippen LogP contribution in [-0.2, 0) is 0 Å². The normalized spacial score (nSPS) is 14.7. The summed E-state index contributed by atoms with van der Waals surface area (Å²) in [5.41, 5.74) is 7.43. The molecule has 2 aromatic rings. The van der Waals surface area contributed by atoms with Crippen LogP contribution in [0.3, 0.4) is 0 Å². The molecule has 0 aliphatic heterocycles. The standard InChI is InChI=1S/C18H23N3O2S.ClH/c1-11(2)23-14-7-5-13(6-8-14)18-21-16(10-24-18)17(22)20-9-15(19)12-3-4-12;/h5-8,10-12,15H,3-4,9,19H2,1-2H3,(H,20,22);1H. The highest BCUT2D eigenvalue weighted by atomic mass is 35.5. The summed E-state index contributed by atoms with van der Waals surface area (Å²) in [6.07, 6.45) is 2.50. The van der Waals surface area contributed by atoms with Crippen LogP contribution in [0.2, 0.25) is 0 Å². The van der Waals surface area contributed by atoms with Crippen molar-refractivity contribution < 1.29 is 9.53 Å². The Morgan fingerprint density at radius 3 is 2.64 bits per heavy atom. The maximum atomic E-state index is 12.2. The lowest BCUT2D eigenvalue weighted by atomic mass is 10.2. The minimum absolute atomic E-state index is 0. The van der Waals surface area contributed by atoms with Crippen molar-refractivity contribution >= 4 is 29.7 Å². The van der Waals surface area contributed by atoms with Crippen LogP contribution >= 0.6 is 23.7 Å². The van der Waals surface area contributed by atoms with Crippen LogP contribution in [0.15, 0.2) is 29.6 Å². The molecule has 1 fully saturated rings. The fourth-order valence-corrected chi connectivity index (χ4v) is 3.26. The average molecular weight is 382 g/mol. The van der Waals surface area contributed by atoms with Gasteiger partial charge in [0.05, 0.1) is 6.10 Å². The molecular weight excluding hydrogens is 358 g/mol. The molecule has 5 nitrogen and oxygen atoms in total. The molecule has 1 heterocycles. The van der Waals surface area contributed by atoms with Crippen LogP contribution in [0.1, 0.15) is 37.2 Å². The van der Waals surface area contributed by atoms with Crippen LogP contribution in [0, 0.1) is 5.92 Å². The fraction of sp³-hybridized carbons (Fsp3) is 0.444. The highest BCUT2D eigenvalue weighted by Crippen LogP contribution is 2.31. The number of hydrogen-bond acceptors (Lipinski definition) is 5. The number of nitrogens with two attached hydrogens (primary N) is 1. The monoisotopic (exact) mass is 381 g/mol. The molecule has 1 aliphatic rings. The van der Waals surface area contributed by atoms with Gasteiger partial charge in [0.15, 0.2) is 0 Å². The molecular formula is C18H24ClN3O2S. The Balaban J connectivity index is 0.00000225. The lowest BCUT2D eigenvalue weighted by Gasteiger charge is -2.10. The van der Waals surface area contributed by atoms with E-state index in [1.165, 1.54) is 24.2 Å². The Morgan fingerprint density at radius 2 is 2.04 bits per heavy atom. The minimum atomic E-state index is -0.159. The third-order valence-electron chi connectivity index (χ3n) is 3.94. The first-order valence-corrected chi connectivity index (χ1v) is 9.17. The Hall–Kier alpha value is -1.63. The molecule has 25 heavy (non-hydrogen) atoms. The molecule has 3 rings (SSSR count). The van der Waals surface area contributed by atoms with Gasteiger partial charge in [0.2, 0.25) is 0 Å². The van der Waals surface area contributed by atoms with E-state index in [1.54, 1.807) is 5.38 Å². The predicted molar refractivity (Wildman–Crippen MR) is 104 cm³/mol. The van der Waals surface area contributed by atoms with E-state index in [0.717, 1.165) is 16.3 Å². The number of rotatable bonds is 7. The van der Waals surface area contributed by atoms with Gasteiger partial charge in [0, 0.05) is 23.5 Å². The Bertz CT molecular complexity index is 699. The van der Waals surface area contributed by atoms with E-state index in [-0.39, 0.29) is 30.5 Å². The predicted octanol–water partition coefficient (Wildman–Crippen LogP) is 3.49. The maximum absolute atomic E-state index is 12.2. The zero-order valence-electron chi connectivity index (χ0n) is 14.4. The molecule has 1 amide bonds. The molecule has 1 atom stereocenters. The first kappa shape index (κ1) is 19.7. The molecule has 0 radical (unpaired) electrons. The molecule has 7 heteroatoms. The first-order chi connectivity index (χ1) is 11.5. The molecule has 1 aliphatic carbocycles. The topological polar surface area (TPSA) is 77.2 Å². The number of nitrogens with zero attached hydrogens (tertiary/aromatic N) is 1. The number of hydrogen-bond donors (Lipinski definition) is 2. The van der Waals surface area contributed by atoms with Gasteiger partial charge in [-0.2, -0.15) is 0 Å². The van der Waals surface area contributed by atoms with E-state index in [2.05, 4.69) is 10.3 Å². The fourth-order valence-electron chi connectivity index (χ4n) is 2.45. The number of carbonyl (C=O) groups is 1. The lowest BCUT2D eigenvalue weighted by Crippen LogP contribution is -2.38. The van der Waals surface area contributed by atoms with Gasteiger partial charge in [-0.25, -0.2) is 4.98 Å². The average Bonchev–Trinajstić information content (AvgIpc) is 3.29. The largest absolute Gasteiger partial charge is 0.491 e. The zero-order chi connectivity index (χ0) is 17.1. The van der Waals surface area contributed by atoms with Crippen molar-refractivity contribution in [3.63, 3.8) is 0 Å². The molecule has 136 valence electrons. The number of nitrogens with one attached hydrogen (secondary N) is 1. The zero-order valence-corrected chi connectivity index (χ0v) is 16.0. The summed E-state index contributed by atoms with van der Waals surface area (Å²) in [6, 6.07) is 7.82. The third kappa shape index (κ3) is 5.42. The molecule has 3 N–H and O–H groups in total. The van der Waals surface area contributed by atoms with Gasteiger partial charge in [-0.1, -0.05) is 0 Å². The Kier molecular flexibility index (Phi) is 6.81. The van der Waals surface area contributed by atoms with Crippen molar-refractivity contribution in [1.82, 2.24) is 10.3 Å². The van der Waals surface area contributed by atoms with Crippen molar-refractivity contribution in [2.24, 2.45) is 11.7 Å². The van der Waals surface area contributed by atoms with Gasteiger partial charge in [-0.15, -0.1) is 23.7 Å². The number of amides is 1. The summed E-state index contributed by atoms with van der Waals surface area (Å²) >= 11 is 1.46. The summed E-state index contributed by atoms with van der Waals surface area (Å²) in [4.78, 5) is 16.6. The summed E-state index contributed by atoms with van der Waals surface area (Å²) in [6.45, 7) is 4.50. The molecule has 1 aromatic carbocycles. The summed E-state index contributed by atoms with van der Waals surface area (Å²) in [5, 5.41) is 5.48. The number of halogens is 1. The summed E-state index contributed by atoms with van der Waals surface area (Å²) in [5.74, 6) is 1.24. The minimum Gasteiger partial charge on any atom is -0.491 e. The smallest absolute Gasteiger partial charge is 0.270 e. The molecule has 1 saturated carbocycles. The Morgan fingerprint density at radius 1 is 1.36 bits per heavy atom. The maximum Gasteiger partial charge on any atom is 0.270 e. The lowest BCUT2D eigenvalue weighted by molar-refractivity contribution is 0.0946. The van der Waals surface area contributed by atoms with Crippen LogP contribution in [0.4, 0.5) is 0 Å². The Labute approximate surface area is 158 Å². The van der Waals surface area contributed by atoms with Crippen molar-refractivity contribution in [3.8, 4) is 16.3 Å². The van der Waals surface area contributed by atoms with E-state index in [1.807, 2.05) is 38.1 Å². The third-order valence-corrected chi connectivity index (χ3v) is 4.83. The van der Waals surface area contributed by atoms with Crippen LogP contribution in [-0.4, -0.2) is 29.6 Å². The molecule has 0 spiro atoms. The van der Waals surface area contributed by atoms with Gasteiger partial charge in [-0.3, -0.25) is 4.79 Å². The first-order valence-electron chi connectivity index (χ1n) is 8.29. The number of thiazole rings is 1. The molecule has 0 saturated heterocycles. The second-order valence-corrected chi connectivity index (χ2v) is 7.30. The molecule has 1 unspecified atom stereocenters. The molecule has 0 bridgehead atoms. The van der Waals surface area contributed by atoms with E-state index in [9.17, 15) is 4.79 Å². The van der Waals surface area contributed by atoms with Crippen LogP contribution in [0.25, 0.3) is 10.6 Å². The van der Waals surface area contributed by atoms with Gasteiger partial charge >= 0.3 is 0 Å². The molecule has 1 aromatic heterocycles. The van der Waals surface area contributed by atoms with E-state index < -0.39 is 0 Å². The number of aromatic nitrogens is 1. The summed E-state index contributed by atoms with van der Waals surface area (Å²) in [7, 11) is 0. The van der Waals surface area contributed by atoms with Crippen molar-refractivity contribution in [2.45, 2.75) is 38.8 Å². The second kappa shape index (κ2) is 8.65. The van der Waals surface area contributed by atoms with Gasteiger partial charge in [0.1, 0.15) is 16.5 Å². The van der Waals surface area contributed by atoms with Crippen molar-refractivity contribution in [1.29, 1.82) is 0 Å².